The third-order valence-corrected chi connectivity index (χ3v) is 4.75. The minimum Gasteiger partial charge on any atom is -0.465 e. The first kappa shape index (κ1) is 24.7. The Labute approximate surface area is 185 Å². The number of halogens is 1. The van der Waals surface area contributed by atoms with Crippen molar-refractivity contribution in [3.63, 3.8) is 0 Å². The van der Waals surface area contributed by atoms with Crippen LogP contribution in [0, 0.1) is 6.92 Å². The van der Waals surface area contributed by atoms with Gasteiger partial charge in [0.1, 0.15) is 23.6 Å². The van der Waals surface area contributed by atoms with Crippen LogP contribution in [0.25, 0.3) is 0 Å². The molecular weight excluding hydrogens is 471 g/mol. The molecule has 28 heavy (non-hydrogen) atoms. The normalized spacial score (nSPS) is 15.5. The van der Waals surface area contributed by atoms with E-state index in [1.807, 2.05) is 6.92 Å². The van der Waals surface area contributed by atoms with Crippen LogP contribution in [0.2, 0.25) is 0 Å². The number of rotatable bonds is 8. The number of hydrogen-bond acceptors (Lipinski definition) is 5. The van der Waals surface area contributed by atoms with Crippen molar-refractivity contribution in [3.05, 3.63) is 23.2 Å². The van der Waals surface area contributed by atoms with Gasteiger partial charge in [-0.15, -0.1) is 24.0 Å². The van der Waals surface area contributed by atoms with E-state index in [9.17, 15) is 4.79 Å². The summed E-state index contributed by atoms with van der Waals surface area (Å²) in [7, 11) is 1.37. The van der Waals surface area contributed by atoms with Gasteiger partial charge in [-0.3, -0.25) is 0 Å². The molecule has 2 rings (SSSR count). The highest BCUT2D eigenvalue weighted by Crippen LogP contribution is 2.16. The van der Waals surface area contributed by atoms with Crippen LogP contribution in [0.15, 0.2) is 15.5 Å². The number of aliphatic imine (C=N–C) groups is 1. The third kappa shape index (κ3) is 8.38. The van der Waals surface area contributed by atoms with Gasteiger partial charge in [0, 0.05) is 13.1 Å². The standard InChI is InChI=1S/C20H34N4O3.HI/c1-4-21-20(22-10-9-13-24-11-7-5-6-8-12-24)23-15-17-14-18(16(2)27-17)19(25)26-3;/h14H,4-13,15H2,1-3H3,(H2,21,22,23);1H. The highest BCUT2D eigenvalue weighted by Gasteiger charge is 2.15. The average Bonchev–Trinajstić information content (AvgIpc) is 2.86. The molecule has 0 atom stereocenters. The number of nitrogens with zero attached hydrogens (tertiary/aromatic N) is 2. The molecule has 1 fully saturated rings. The van der Waals surface area contributed by atoms with Crippen LogP contribution < -0.4 is 10.6 Å². The van der Waals surface area contributed by atoms with Crippen molar-refractivity contribution in [1.29, 1.82) is 0 Å². The van der Waals surface area contributed by atoms with E-state index in [1.165, 1.54) is 45.9 Å². The number of guanidine groups is 1. The lowest BCUT2D eigenvalue weighted by atomic mass is 10.2. The molecule has 8 heteroatoms. The minimum absolute atomic E-state index is 0. The predicted octanol–water partition coefficient (Wildman–Crippen LogP) is 3.31. The van der Waals surface area contributed by atoms with Gasteiger partial charge in [0.25, 0.3) is 0 Å². The van der Waals surface area contributed by atoms with E-state index in [-0.39, 0.29) is 29.9 Å². The summed E-state index contributed by atoms with van der Waals surface area (Å²) in [5.41, 5.74) is 0.457. The fourth-order valence-electron chi connectivity index (χ4n) is 3.30. The molecule has 0 unspecified atom stereocenters. The molecule has 0 aliphatic carbocycles. The summed E-state index contributed by atoms with van der Waals surface area (Å²) >= 11 is 0. The first-order valence-electron chi connectivity index (χ1n) is 10.1. The van der Waals surface area contributed by atoms with Crippen molar-refractivity contribution >= 4 is 35.9 Å². The number of nitrogens with one attached hydrogen (secondary N) is 2. The molecule has 0 spiro atoms. The molecule has 1 saturated heterocycles. The van der Waals surface area contributed by atoms with E-state index in [2.05, 4.69) is 20.5 Å². The smallest absolute Gasteiger partial charge is 0.341 e. The summed E-state index contributed by atoms with van der Waals surface area (Å²) in [5, 5.41) is 6.63. The van der Waals surface area contributed by atoms with Crippen LogP contribution in [-0.2, 0) is 11.3 Å². The molecule has 1 aliphatic rings. The lowest BCUT2D eigenvalue weighted by Gasteiger charge is -2.20. The Balaban J connectivity index is 0.00000392. The number of methoxy groups -OCH3 is 1. The number of carbonyl (C=O) groups excluding carboxylic acids is 1. The van der Waals surface area contributed by atoms with Crippen molar-refractivity contribution in [3.8, 4) is 0 Å². The maximum absolute atomic E-state index is 11.7. The van der Waals surface area contributed by atoms with Crippen LogP contribution in [0.1, 0.15) is 60.9 Å². The summed E-state index contributed by atoms with van der Waals surface area (Å²) < 4.78 is 10.4. The zero-order chi connectivity index (χ0) is 19.5. The molecule has 2 heterocycles. The zero-order valence-corrected chi connectivity index (χ0v) is 19.7. The maximum atomic E-state index is 11.7. The second kappa shape index (κ2) is 13.8. The topological polar surface area (TPSA) is 79.1 Å². The molecule has 0 saturated carbocycles. The van der Waals surface area contributed by atoms with Crippen molar-refractivity contribution in [2.75, 3.05) is 39.8 Å². The van der Waals surface area contributed by atoms with Gasteiger partial charge in [-0.1, -0.05) is 12.8 Å². The molecule has 0 aromatic carbocycles. The molecule has 0 radical (unpaired) electrons. The molecule has 7 nitrogen and oxygen atoms in total. The van der Waals surface area contributed by atoms with E-state index < -0.39 is 0 Å². The minimum atomic E-state index is -0.384. The number of ether oxygens (including phenoxy) is 1. The Kier molecular flexibility index (Phi) is 12.2. The monoisotopic (exact) mass is 506 g/mol. The summed E-state index contributed by atoms with van der Waals surface area (Å²) in [6, 6.07) is 1.70. The fraction of sp³-hybridized carbons (Fsp3) is 0.700. The van der Waals surface area contributed by atoms with Crippen LogP contribution in [-0.4, -0.2) is 56.7 Å². The molecule has 2 N–H and O–H groups in total. The quantitative estimate of drug-likeness (QED) is 0.185. The fourth-order valence-corrected chi connectivity index (χ4v) is 3.30. The van der Waals surface area contributed by atoms with E-state index in [1.54, 1.807) is 13.0 Å². The average molecular weight is 506 g/mol. The zero-order valence-electron chi connectivity index (χ0n) is 17.4. The lowest BCUT2D eigenvalue weighted by molar-refractivity contribution is 0.0599. The van der Waals surface area contributed by atoms with Gasteiger partial charge in [-0.25, -0.2) is 9.79 Å². The first-order chi connectivity index (χ1) is 13.1. The van der Waals surface area contributed by atoms with Crippen LogP contribution in [0.3, 0.4) is 0 Å². The van der Waals surface area contributed by atoms with Gasteiger partial charge in [0.05, 0.1) is 7.11 Å². The Morgan fingerprint density at radius 1 is 1.25 bits per heavy atom. The Hall–Kier alpha value is -1.29. The van der Waals surface area contributed by atoms with Crippen LogP contribution in [0.5, 0.6) is 0 Å². The van der Waals surface area contributed by atoms with Gasteiger partial charge in [-0.2, -0.15) is 0 Å². The lowest BCUT2D eigenvalue weighted by Crippen LogP contribution is -2.38. The predicted molar refractivity (Wildman–Crippen MR) is 123 cm³/mol. The van der Waals surface area contributed by atoms with Crippen molar-refractivity contribution in [2.24, 2.45) is 4.99 Å². The summed E-state index contributed by atoms with van der Waals surface area (Å²) in [6.07, 6.45) is 6.49. The highest BCUT2D eigenvalue weighted by atomic mass is 127. The van der Waals surface area contributed by atoms with E-state index in [0.29, 0.717) is 23.6 Å². The largest absolute Gasteiger partial charge is 0.465 e. The second-order valence-corrected chi connectivity index (χ2v) is 6.91. The van der Waals surface area contributed by atoms with Crippen molar-refractivity contribution < 1.29 is 13.9 Å². The van der Waals surface area contributed by atoms with Gasteiger partial charge in [0.2, 0.25) is 0 Å². The van der Waals surface area contributed by atoms with Crippen molar-refractivity contribution in [2.45, 2.75) is 52.5 Å². The summed E-state index contributed by atoms with van der Waals surface area (Å²) in [4.78, 5) is 18.8. The SMILES string of the molecule is CCNC(=NCc1cc(C(=O)OC)c(C)o1)NCCCN1CCCCCC1.I. The number of likely N-dealkylation sites (tertiary alicyclic amines) is 1. The van der Waals surface area contributed by atoms with E-state index >= 15 is 0 Å². The molecule has 0 amide bonds. The van der Waals surface area contributed by atoms with Gasteiger partial charge < -0.3 is 24.7 Å². The number of carbonyl (C=O) groups is 1. The molecule has 160 valence electrons. The molecule has 1 aromatic rings. The molecule has 0 bridgehead atoms. The van der Waals surface area contributed by atoms with Crippen LogP contribution in [0.4, 0.5) is 0 Å². The molecular formula is C20H35IN4O3. The maximum Gasteiger partial charge on any atom is 0.341 e. The summed E-state index contributed by atoms with van der Waals surface area (Å²) in [6.45, 7) is 9.44. The molecule has 1 aromatic heterocycles. The number of esters is 1. The first-order valence-corrected chi connectivity index (χ1v) is 10.1. The Morgan fingerprint density at radius 3 is 2.61 bits per heavy atom. The number of aryl methyl sites for hydroxylation is 1. The van der Waals surface area contributed by atoms with Crippen molar-refractivity contribution in [1.82, 2.24) is 15.5 Å². The second-order valence-electron chi connectivity index (χ2n) is 6.91. The van der Waals surface area contributed by atoms with Gasteiger partial charge in [-0.05, 0) is 58.8 Å². The molecule has 1 aliphatic heterocycles. The highest BCUT2D eigenvalue weighted by molar-refractivity contribution is 14.0. The van der Waals surface area contributed by atoms with E-state index in [4.69, 9.17) is 9.15 Å². The Morgan fingerprint density at radius 2 is 1.96 bits per heavy atom. The van der Waals surface area contributed by atoms with Gasteiger partial charge in [0.15, 0.2) is 5.96 Å². The van der Waals surface area contributed by atoms with E-state index in [0.717, 1.165) is 32.0 Å². The van der Waals surface area contributed by atoms with Crippen LogP contribution >= 0.6 is 24.0 Å². The number of furan rings is 1. The van der Waals surface area contributed by atoms with Gasteiger partial charge >= 0.3 is 5.97 Å². The number of hydrogen-bond donors (Lipinski definition) is 2. The third-order valence-electron chi connectivity index (χ3n) is 4.75. The summed E-state index contributed by atoms with van der Waals surface area (Å²) in [5.74, 6) is 1.59. The Bertz CT molecular complexity index is 611.